The molecule has 0 saturated heterocycles. The largest absolute Gasteiger partial charge is 0.480 e. The second-order valence-corrected chi connectivity index (χ2v) is 2.92. The predicted molar refractivity (Wildman–Crippen MR) is 51.7 cm³/mol. The van der Waals surface area contributed by atoms with Crippen molar-refractivity contribution >= 4 is 11.7 Å². The molecule has 1 rings (SSSR count). The van der Waals surface area contributed by atoms with Gasteiger partial charge in [-0.05, 0) is 18.6 Å². The van der Waals surface area contributed by atoms with Crippen LogP contribution in [-0.4, -0.2) is 17.1 Å². The number of halogens is 1. The number of benzene rings is 1. The number of carboxylic acids is 1. The Bertz CT molecular complexity index is 328. The Hall–Kier alpha value is -1.58. The van der Waals surface area contributed by atoms with Crippen LogP contribution >= 0.6 is 0 Å². The van der Waals surface area contributed by atoms with Crippen molar-refractivity contribution in [3.63, 3.8) is 0 Å². The first-order valence-electron chi connectivity index (χ1n) is 4.39. The lowest BCUT2D eigenvalue weighted by molar-refractivity contribution is -0.137. The van der Waals surface area contributed by atoms with Crippen LogP contribution in [0.15, 0.2) is 24.3 Å². The third kappa shape index (κ3) is 2.45. The van der Waals surface area contributed by atoms with Crippen molar-refractivity contribution < 1.29 is 14.3 Å². The average Bonchev–Trinajstić information content (AvgIpc) is 2.16. The van der Waals surface area contributed by atoms with E-state index in [1.54, 1.807) is 19.1 Å². The van der Waals surface area contributed by atoms with Gasteiger partial charge in [-0.2, -0.15) is 0 Å². The molecule has 0 aromatic heterocycles. The Morgan fingerprint density at radius 2 is 2.21 bits per heavy atom. The van der Waals surface area contributed by atoms with E-state index in [0.717, 1.165) is 0 Å². The molecule has 0 spiro atoms. The van der Waals surface area contributed by atoms with E-state index in [1.165, 1.54) is 12.1 Å². The van der Waals surface area contributed by atoms with Gasteiger partial charge in [-0.1, -0.05) is 19.1 Å². The first-order valence-corrected chi connectivity index (χ1v) is 4.39. The van der Waals surface area contributed by atoms with Gasteiger partial charge in [0.15, 0.2) is 0 Å². The van der Waals surface area contributed by atoms with Gasteiger partial charge in [-0.15, -0.1) is 0 Å². The minimum atomic E-state index is -0.976. The molecule has 0 fully saturated rings. The lowest BCUT2D eigenvalue weighted by Gasteiger charge is -2.13. The highest BCUT2D eigenvalue weighted by Crippen LogP contribution is 2.14. The van der Waals surface area contributed by atoms with Crippen LogP contribution in [0.3, 0.4) is 0 Å². The smallest absolute Gasteiger partial charge is 0.326 e. The molecule has 1 aromatic carbocycles. The molecule has 0 aliphatic rings. The molecule has 1 aromatic rings. The molecule has 0 saturated carbocycles. The summed E-state index contributed by atoms with van der Waals surface area (Å²) in [4.78, 5) is 10.7. The van der Waals surface area contributed by atoms with Gasteiger partial charge in [0.05, 0.1) is 5.69 Å². The first-order chi connectivity index (χ1) is 6.65. The van der Waals surface area contributed by atoms with Gasteiger partial charge in [-0.25, -0.2) is 9.18 Å². The maximum Gasteiger partial charge on any atom is 0.326 e. The van der Waals surface area contributed by atoms with E-state index in [4.69, 9.17) is 5.11 Å². The zero-order valence-electron chi connectivity index (χ0n) is 7.83. The second kappa shape index (κ2) is 4.60. The summed E-state index contributed by atoms with van der Waals surface area (Å²) in [7, 11) is 0. The lowest BCUT2D eigenvalue weighted by Crippen LogP contribution is -2.28. The van der Waals surface area contributed by atoms with Crippen LogP contribution in [0.4, 0.5) is 10.1 Å². The number of hydrogen-bond acceptors (Lipinski definition) is 2. The van der Waals surface area contributed by atoms with Crippen molar-refractivity contribution in [2.45, 2.75) is 19.4 Å². The number of para-hydroxylation sites is 1. The topological polar surface area (TPSA) is 49.3 Å². The maximum atomic E-state index is 13.1. The fourth-order valence-electron chi connectivity index (χ4n) is 1.10. The van der Waals surface area contributed by atoms with Gasteiger partial charge in [0.2, 0.25) is 0 Å². The monoisotopic (exact) mass is 197 g/mol. The summed E-state index contributed by atoms with van der Waals surface area (Å²) >= 11 is 0. The van der Waals surface area contributed by atoms with Crippen molar-refractivity contribution in [2.24, 2.45) is 0 Å². The van der Waals surface area contributed by atoms with Crippen LogP contribution in [0.25, 0.3) is 0 Å². The predicted octanol–water partition coefficient (Wildman–Crippen LogP) is 2.10. The van der Waals surface area contributed by atoms with Crippen LogP contribution in [-0.2, 0) is 4.79 Å². The molecule has 0 amide bonds. The minimum absolute atomic E-state index is 0.224. The van der Waals surface area contributed by atoms with Gasteiger partial charge in [-0.3, -0.25) is 0 Å². The van der Waals surface area contributed by atoms with Gasteiger partial charge in [0.25, 0.3) is 0 Å². The minimum Gasteiger partial charge on any atom is -0.480 e. The molecule has 4 heteroatoms. The lowest BCUT2D eigenvalue weighted by atomic mass is 10.2. The molecule has 0 heterocycles. The summed E-state index contributed by atoms with van der Waals surface area (Å²) in [6, 6.07) is 5.27. The van der Waals surface area contributed by atoms with E-state index >= 15 is 0 Å². The summed E-state index contributed by atoms with van der Waals surface area (Å²) in [5.74, 6) is -1.41. The van der Waals surface area contributed by atoms with Gasteiger partial charge in [0.1, 0.15) is 11.9 Å². The van der Waals surface area contributed by atoms with Crippen LogP contribution in [0.1, 0.15) is 13.3 Å². The fourth-order valence-corrected chi connectivity index (χ4v) is 1.10. The molecular formula is C10H12FNO2. The van der Waals surface area contributed by atoms with Crippen molar-refractivity contribution in [3.8, 4) is 0 Å². The number of carbonyl (C=O) groups is 1. The van der Waals surface area contributed by atoms with E-state index in [-0.39, 0.29) is 5.69 Å². The van der Waals surface area contributed by atoms with Crippen molar-refractivity contribution in [2.75, 3.05) is 5.32 Å². The molecule has 76 valence electrons. The van der Waals surface area contributed by atoms with Crippen molar-refractivity contribution in [3.05, 3.63) is 30.1 Å². The highest BCUT2D eigenvalue weighted by Gasteiger charge is 2.15. The molecule has 2 N–H and O–H groups in total. The summed E-state index contributed by atoms with van der Waals surface area (Å²) in [5.41, 5.74) is 0.224. The Morgan fingerprint density at radius 3 is 2.71 bits per heavy atom. The third-order valence-electron chi connectivity index (χ3n) is 1.91. The van der Waals surface area contributed by atoms with Crippen LogP contribution in [0.5, 0.6) is 0 Å². The number of anilines is 1. The van der Waals surface area contributed by atoms with Crippen molar-refractivity contribution in [1.82, 2.24) is 0 Å². The number of carboxylic acid groups (broad SMARTS) is 1. The standard InChI is InChI=1S/C10H12FNO2/c1-2-8(10(13)14)12-9-6-4-3-5-7(9)11/h3-6,8,12H,2H2,1H3,(H,13,14)/t8-/m1/s1. The van der Waals surface area contributed by atoms with E-state index in [2.05, 4.69) is 5.32 Å². The number of rotatable bonds is 4. The van der Waals surface area contributed by atoms with E-state index < -0.39 is 17.8 Å². The molecular weight excluding hydrogens is 185 g/mol. The SMILES string of the molecule is CC[C@@H](Nc1ccccc1F)C(=O)O. The van der Waals surface area contributed by atoms with Gasteiger partial charge < -0.3 is 10.4 Å². The van der Waals surface area contributed by atoms with Crippen LogP contribution in [0.2, 0.25) is 0 Å². The van der Waals surface area contributed by atoms with Crippen LogP contribution < -0.4 is 5.32 Å². The van der Waals surface area contributed by atoms with Crippen molar-refractivity contribution in [1.29, 1.82) is 0 Å². The van der Waals surface area contributed by atoms with E-state index in [1.807, 2.05) is 0 Å². The highest BCUT2D eigenvalue weighted by molar-refractivity contribution is 5.77. The van der Waals surface area contributed by atoms with Gasteiger partial charge in [0, 0.05) is 0 Å². The fraction of sp³-hybridized carbons (Fsp3) is 0.300. The maximum absolute atomic E-state index is 13.1. The van der Waals surface area contributed by atoms with Crippen LogP contribution in [0, 0.1) is 5.82 Å². The number of aliphatic carboxylic acids is 1. The number of nitrogens with one attached hydrogen (secondary N) is 1. The molecule has 0 unspecified atom stereocenters. The third-order valence-corrected chi connectivity index (χ3v) is 1.91. The zero-order valence-corrected chi connectivity index (χ0v) is 7.83. The summed E-state index contributed by atoms with van der Waals surface area (Å²) in [6.45, 7) is 1.73. The molecule has 0 bridgehead atoms. The summed E-state index contributed by atoms with van der Waals surface area (Å²) in [5, 5.41) is 11.4. The quantitative estimate of drug-likeness (QED) is 0.777. The second-order valence-electron chi connectivity index (χ2n) is 2.92. The highest BCUT2D eigenvalue weighted by atomic mass is 19.1. The Kier molecular flexibility index (Phi) is 3.45. The Labute approximate surface area is 81.6 Å². The normalized spacial score (nSPS) is 12.1. The molecule has 14 heavy (non-hydrogen) atoms. The summed E-state index contributed by atoms with van der Waals surface area (Å²) in [6.07, 6.45) is 0.406. The van der Waals surface area contributed by atoms with E-state index in [0.29, 0.717) is 6.42 Å². The molecule has 0 radical (unpaired) electrons. The Morgan fingerprint density at radius 1 is 1.57 bits per heavy atom. The molecule has 0 aliphatic carbocycles. The Balaban J connectivity index is 2.77. The molecule has 1 atom stereocenters. The van der Waals surface area contributed by atoms with Gasteiger partial charge >= 0.3 is 5.97 Å². The average molecular weight is 197 g/mol. The summed E-state index contributed by atoms with van der Waals surface area (Å²) < 4.78 is 13.1. The first kappa shape index (κ1) is 10.5. The molecule has 0 aliphatic heterocycles. The van der Waals surface area contributed by atoms with E-state index in [9.17, 15) is 9.18 Å². The zero-order chi connectivity index (χ0) is 10.6. The number of hydrogen-bond donors (Lipinski definition) is 2. The molecule has 3 nitrogen and oxygen atoms in total.